The van der Waals surface area contributed by atoms with E-state index in [1.54, 1.807) is 0 Å². The summed E-state index contributed by atoms with van der Waals surface area (Å²) >= 11 is 0. The van der Waals surface area contributed by atoms with Crippen LogP contribution in [0.25, 0.3) is 88.8 Å². The molecule has 0 unspecified atom stereocenters. The smallest absolute Gasteiger partial charge is 0.145 e. The molecule has 0 fully saturated rings. The quantitative estimate of drug-likeness (QED) is 0.180. The number of aromatic nitrogens is 2. The average molecular weight is 742 g/mol. The van der Waals surface area contributed by atoms with Crippen LogP contribution in [-0.2, 0) is 0 Å². The fraction of sp³-hybridized carbons (Fsp3) is 0. The Kier molecular flexibility index (Phi) is 7.05. The zero-order valence-electron chi connectivity index (χ0n) is 31.5. The number of anilines is 2. The van der Waals surface area contributed by atoms with E-state index in [0.717, 1.165) is 106 Å². The number of hydrogen-bond acceptors (Lipinski definition) is 2. The van der Waals surface area contributed by atoms with Crippen molar-refractivity contribution in [2.45, 2.75) is 0 Å². The highest BCUT2D eigenvalue weighted by molar-refractivity contribution is 6.24. The summed E-state index contributed by atoms with van der Waals surface area (Å²) in [5.74, 6) is 0. The van der Waals surface area contributed by atoms with E-state index in [0.29, 0.717) is 0 Å². The number of benzene rings is 8. The zero-order chi connectivity index (χ0) is 38.3. The van der Waals surface area contributed by atoms with Crippen molar-refractivity contribution in [2.75, 3.05) is 4.90 Å². The lowest BCUT2D eigenvalue weighted by atomic mass is 9.91. The van der Waals surface area contributed by atoms with Crippen molar-refractivity contribution in [1.29, 1.82) is 0 Å². The fourth-order valence-electron chi connectivity index (χ4n) is 9.25. The molecule has 272 valence electrons. The minimum absolute atomic E-state index is 0.901. The lowest BCUT2D eigenvalue weighted by Gasteiger charge is -2.27. The summed E-state index contributed by atoms with van der Waals surface area (Å²) in [7, 11) is 0. The summed E-state index contributed by atoms with van der Waals surface area (Å²) < 4.78 is 11.4. The third kappa shape index (κ3) is 4.76. The van der Waals surface area contributed by atoms with Crippen LogP contribution in [0.1, 0.15) is 16.8 Å². The first kappa shape index (κ1) is 32.4. The van der Waals surface area contributed by atoms with Gasteiger partial charge in [0.15, 0.2) is 0 Å². The van der Waals surface area contributed by atoms with Crippen LogP contribution in [0.2, 0.25) is 0 Å². The Bertz CT molecular complexity index is 3460. The first-order valence-electron chi connectivity index (χ1n) is 19.7. The lowest BCUT2D eigenvalue weighted by molar-refractivity contribution is 0.673. The number of nitrogens with zero attached hydrogens (tertiary/aromatic N) is 3. The molecule has 3 aromatic heterocycles. The molecular weight excluding hydrogens is 707 g/mol. The van der Waals surface area contributed by atoms with E-state index < -0.39 is 0 Å². The second-order valence-corrected chi connectivity index (χ2v) is 15.0. The minimum atomic E-state index is 0.901. The normalized spacial score (nSPS) is 13.3. The predicted octanol–water partition coefficient (Wildman–Crippen LogP) is 14.5. The van der Waals surface area contributed by atoms with Gasteiger partial charge in [0.2, 0.25) is 0 Å². The van der Waals surface area contributed by atoms with Gasteiger partial charge in [0.1, 0.15) is 11.2 Å². The Morgan fingerprint density at radius 2 is 1.07 bits per heavy atom. The maximum atomic E-state index is 6.63. The fourth-order valence-corrected chi connectivity index (χ4v) is 9.25. The average Bonchev–Trinajstić information content (AvgIpc) is 3.94. The van der Waals surface area contributed by atoms with Crippen LogP contribution in [0.15, 0.2) is 205 Å². The van der Waals surface area contributed by atoms with Crippen molar-refractivity contribution >= 4 is 77.7 Å². The molecule has 0 N–H and O–H groups in total. The van der Waals surface area contributed by atoms with Crippen molar-refractivity contribution in [3.05, 3.63) is 218 Å². The highest BCUT2D eigenvalue weighted by Gasteiger charge is 2.26. The van der Waals surface area contributed by atoms with Gasteiger partial charge in [-0.3, -0.25) is 0 Å². The number of rotatable bonds is 4. The van der Waals surface area contributed by atoms with Gasteiger partial charge in [0.05, 0.1) is 33.3 Å². The largest absolute Gasteiger partial charge is 0.455 e. The summed E-state index contributed by atoms with van der Waals surface area (Å²) in [5.41, 5.74) is 16.1. The maximum Gasteiger partial charge on any atom is 0.145 e. The molecule has 4 nitrogen and oxygen atoms in total. The van der Waals surface area contributed by atoms with E-state index in [9.17, 15) is 0 Å². The molecule has 0 amide bonds. The van der Waals surface area contributed by atoms with E-state index >= 15 is 0 Å². The molecule has 0 saturated heterocycles. The van der Waals surface area contributed by atoms with Crippen LogP contribution in [0, 0.1) is 0 Å². The van der Waals surface area contributed by atoms with Crippen LogP contribution in [0.3, 0.4) is 0 Å². The van der Waals surface area contributed by atoms with Crippen molar-refractivity contribution in [3.63, 3.8) is 0 Å². The molecule has 0 spiro atoms. The molecule has 0 atom stereocenters. The number of para-hydroxylation sites is 5. The number of hydrogen-bond donors (Lipinski definition) is 0. The topological polar surface area (TPSA) is 26.2 Å². The van der Waals surface area contributed by atoms with Crippen molar-refractivity contribution in [1.82, 2.24) is 9.13 Å². The third-order valence-electron chi connectivity index (χ3n) is 11.8. The van der Waals surface area contributed by atoms with Crippen LogP contribution in [-0.4, -0.2) is 9.13 Å². The van der Waals surface area contributed by atoms with Gasteiger partial charge in [0.25, 0.3) is 0 Å². The number of fused-ring (bicyclic) bond motifs is 11. The van der Waals surface area contributed by atoms with Crippen molar-refractivity contribution in [3.8, 4) is 22.5 Å². The molecule has 11 aromatic rings. The highest BCUT2D eigenvalue weighted by Crippen LogP contribution is 2.46. The van der Waals surface area contributed by atoms with Gasteiger partial charge in [-0.05, 0) is 102 Å². The van der Waals surface area contributed by atoms with Crippen LogP contribution in [0.4, 0.5) is 11.4 Å². The molecule has 58 heavy (non-hydrogen) atoms. The molecule has 0 aliphatic carbocycles. The van der Waals surface area contributed by atoms with Gasteiger partial charge < -0.3 is 18.5 Å². The van der Waals surface area contributed by atoms with Gasteiger partial charge in [-0.1, -0.05) is 116 Å². The number of furan rings is 1. The Hall–Kier alpha value is -7.82. The van der Waals surface area contributed by atoms with Crippen LogP contribution in [0.5, 0.6) is 0 Å². The van der Waals surface area contributed by atoms with Crippen LogP contribution < -0.4 is 4.90 Å². The summed E-state index contributed by atoms with van der Waals surface area (Å²) in [6.45, 7) is 4.91. The minimum Gasteiger partial charge on any atom is -0.455 e. The molecule has 4 heteroatoms. The predicted molar refractivity (Wildman–Crippen MR) is 243 cm³/mol. The summed E-state index contributed by atoms with van der Waals surface area (Å²) in [4.78, 5) is 2.29. The Labute approximate surface area is 335 Å². The lowest BCUT2D eigenvalue weighted by Crippen LogP contribution is -2.13. The van der Waals surface area contributed by atoms with E-state index in [1.807, 2.05) is 6.07 Å². The molecule has 8 aromatic carbocycles. The Balaban J connectivity index is 1.10. The first-order chi connectivity index (χ1) is 28.7. The van der Waals surface area contributed by atoms with E-state index in [-0.39, 0.29) is 0 Å². The molecule has 1 aliphatic rings. The third-order valence-corrected chi connectivity index (χ3v) is 11.8. The zero-order valence-corrected chi connectivity index (χ0v) is 31.5. The van der Waals surface area contributed by atoms with E-state index in [2.05, 4.69) is 208 Å². The molecule has 4 heterocycles. The standard InChI is InChI=1S/C54H35N3O/c1-35-45-33-36(37-25-27-44-50(34-37)57(40-19-9-4-10-20-40)48-30-28-42-41-21-12-14-24-51(41)58-54(42)53(44)48)26-29-46(45)55(38-15-5-2-6-16-38)32-31-49-52(35)43-22-11-13-23-47(43)56(49)39-17-7-3-8-18-39/h2-34H,1H2/b32-31-. The van der Waals surface area contributed by atoms with Gasteiger partial charge in [-0.2, -0.15) is 0 Å². The summed E-state index contributed by atoms with van der Waals surface area (Å²) in [5, 5.41) is 5.71. The Morgan fingerprint density at radius 1 is 0.448 bits per heavy atom. The maximum absolute atomic E-state index is 6.63. The SMILES string of the molecule is C=C1c2cc(-c3ccc4c5c6oc7ccccc7c6ccc5n(-c5ccccc5)c4c3)ccc2N(c2ccccc2)/C=C\c2c1c1ccccc1n2-c1ccccc1. The van der Waals surface area contributed by atoms with Gasteiger partial charge in [-0.25, -0.2) is 0 Å². The van der Waals surface area contributed by atoms with Gasteiger partial charge >= 0.3 is 0 Å². The van der Waals surface area contributed by atoms with Gasteiger partial charge in [0, 0.05) is 55.9 Å². The van der Waals surface area contributed by atoms with Crippen molar-refractivity contribution < 1.29 is 4.42 Å². The van der Waals surface area contributed by atoms with E-state index in [4.69, 9.17) is 11.0 Å². The molecule has 0 bridgehead atoms. The molecular formula is C54H35N3O. The van der Waals surface area contributed by atoms with Crippen LogP contribution >= 0.6 is 0 Å². The van der Waals surface area contributed by atoms with E-state index in [1.165, 1.54) is 5.39 Å². The first-order valence-corrected chi connectivity index (χ1v) is 19.7. The van der Waals surface area contributed by atoms with Gasteiger partial charge in [-0.15, -0.1) is 0 Å². The molecule has 0 radical (unpaired) electrons. The second-order valence-electron chi connectivity index (χ2n) is 15.0. The Morgan fingerprint density at radius 3 is 1.84 bits per heavy atom. The molecule has 0 saturated carbocycles. The second kappa shape index (κ2) is 12.6. The molecule has 12 rings (SSSR count). The van der Waals surface area contributed by atoms with Crippen molar-refractivity contribution in [2.24, 2.45) is 0 Å². The highest BCUT2D eigenvalue weighted by atomic mass is 16.3. The summed E-state index contributed by atoms with van der Waals surface area (Å²) in [6.07, 6.45) is 4.45. The summed E-state index contributed by atoms with van der Waals surface area (Å²) in [6, 6.07) is 67.0. The molecule has 1 aliphatic heterocycles. The monoisotopic (exact) mass is 741 g/mol.